The first-order chi connectivity index (χ1) is 9.90. The lowest BCUT2D eigenvalue weighted by Crippen LogP contribution is -2.48. The number of aliphatic hydroxyl groups is 1. The van der Waals surface area contributed by atoms with Crippen LogP contribution in [-0.4, -0.2) is 40.3 Å². The molecule has 1 aliphatic carbocycles. The fourth-order valence-corrected chi connectivity index (χ4v) is 3.44. The second-order valence-corrected chi connectivity index (χ2v) is 6.28. The Morgan fingerprint density at radius 2 is 2.10 bits per heavy atom. The molecule has 3 rings (SSSR count). The van der Waals surface area contributed by atoms with Gasteiger partial charge in [0.2, 0.25) is 0 Å². The van der Waals surface area contributed by atoms with Crippen molar-refractivity contribution >= 4 is 11.6 Å². The SMILES string of the molecule is CC(=O)C[C@@H]1C[C@@H](O)C[C@@]2(CCC3(C=CC(=O)C=C3)O2)O1. The van der Waals surface area contributed by atoms with Gasteiger partial charge in [-0.1, -0.05) is 0 Å². The Morgan fingerprint density at radius 1 is 1.38 bits per heavy atom. The molecular weight excluding hydrogens is 272 g/mol. The highest BCUT2D eigenvalue weighted by Gasteiger charge is 2.52. The molecule has 0 amide bonds. The molecule has 21 heavy (non-hydrogen) atoms. The minimum atomic E-state index is -0.854. The van der Waals surface area contributed by atoms with Crippen molar-refractivity contribution in [2.24, 2.45) is 0 Å². The Balaban J connectivity index is 1.76. The number of aliphatic hydroxyl groups excluding tert-OH is 1. The summed E-state index contributed by atoms with van der Waals surface area (Å²) in [6, 6.07) is 0. The molecule has 3 atom stereocenters. The molecule has 5 nitrogen and oxygen atoms in total. The fraction of sp³-hybridized carbons (Fsp3) is 0.625. The number of rotatable bonds is 2. The molecule has 114 valence electrons. The van der Waals surface area contributed by atoms with Crippen molar-refractivity contribution in [3.63, 3.8) is 0 Å². The van der Waals surface area contributed by atoms with Gasteiger partial charge in [0.05, 0.1) is 12.2 Å². The Bertz CT molecular complexity index is 505. The van der Waals surface area contributed by atoms with Crippen LogP contribution < -0.4 is 0 Å². The third-order valence-electron chi connectivity index (χ3n) is 4.31. The van der Waals surface area contributed by atoms with E-state index in [-0.39, 0.29) is 17.7 Å². The van der Waals surface area contributed by atoms with E-state index < -0.39 is 17.5 Å². The average Bonchev–Trinajstić information content (AvgIpc) is 2.70. The maximum atomic E-state index is 11.3. The third-order valence-corrected chi connectivity index (χ3v) is 4.31. The van der Waals surface area contributed by atoms with E-state index in [1.165, 1.54) is 19.1 Å². The number of hydrogen-bond donors (Lipinski definition) is 1. The molecule has 0 radical (unpaired) electrons. The zero-order valence-electron chi connectivity index (χ0n) is 12.1. The summed E-state index contributed by atoms with van der Waals surface area (Å²) in [5.41, 5.74) is -0.619. The summed E-state index contributed by atoms with van der Waals surface area (Å²) in [5.74, 6) is -0.864. The second kappa shape index (κ2) is 5.16. The zero-order chi connectivity index (χ0) is 15.1. The molecule has 2 aliphatic heterocycles. The van der Waals surface area contributed by atoms with Crippen LogP contribution in [0.3, 0.4) is 0 Å². The molecule has 1 N–H and O–H groups in total. The van der Waals surface area contributed by atoms with Crippen molar-refractivity contribution < 1.29 is 24.2 Å². The summed E-state index contributed by atoms with van der Waals surface area (Å²) >= 11 is 0. The Morgan fingerprint density at radius 3 is 2.76 bits per heavy atom. The summed E-state index contributed by atoms with van der Waals surface area (Å²) in [4.78, 5) is 22.5. The van der Waals surface area contributed by atoms with Gasteiger partial charge in [0.1, 0.15) is 11.4 Å². The predicted octanol–water partition coefficient (Wildman–Crippen LogP) is 1.45. The van der Waals surface area contributed by atoms with Gasteiger partial charge in [-0.15, -0.1) is 0 Å². The first kappa shape index (κ1) is 14.6. The van der Waals surface area contributed by atoms with Gasteiger partial charge in [0.25, 0.3) is 0 Å². The smallest absolute Gasteiger partial charge is 0.178 e. The number of allylic oxidation sites excluding steroid dienone is 2. The molecule has 0 aromatic rings. The van der Waals surface area contributed by atoms with Crippen LogP contribution in [0.1, 0.15) is 39.0 Å². The molecule has 3 aliphatic rings. The highest BCUT2D eigenvalue weighted by molar-refractivity contribution is 6.00. The molecule has 2 saturated heterocycles. The number of Topliss-reactive ketones (excluding diaryl/α,β-unsaturated/α-hetero) is 1. The maximum absolute atomic E-state index is 11.3. The van der Waals surface area contributed by atoms with Crippen molar-refractivity contribution in [3.05, 3.63) is 24.3 Å². The average molecular weight is 292 g/mol. The summed E-state index contributed by atoms with van der Waals surface area (Å²) in [5, 5.41) is 10.1. The monoisotopic (exact) mass is 292 g/mol. The van der Waals surface area contributed by atoms with Gasteiger partial charge in [0, 0.05) is 25.7 Å². The van der Waals surface area contributed by atoms with Crippen LogP contribution in [0.2, 0.25) is 0 Å². The summed E-state index contributed by atoms with van der Waals surface area (Å²) in [6.45, 7) is 1.52. The normalized spacial score (nSPS) is 37.5. The van der Waals surface area contributed by atoms with Gasteiger partial charge in [0.15, 0.2) is 11.6 Å². The van der Waals surface area contributed by atoms with Crippen LogP contribution in [-0.2, 0) is 19.1 Å². The zero-order valence-corrected chi connectivity index (χ0v) is 12.1. The first-order valence-electron chi connectivity index (χ1n) is 7.38. The fourth-order valence-electron chi connectivity index (χ4n) is 3.44. The van der Waals surface area contributed by atoms with Crippen LogP contribution in [0.4, 0.5) is 0 Å². The minimum Gasteiger partial charge on any atom is -0.393 e. The Kier molecular flexibility index (Phi) is 3.59. The van der Waals surface area contributed by atoms with Gasteiger partial charge >= 0.3 is 0 Å². The lowest BCUT2D eigenvalue weighted by molar-refractivity contribution is -0.290. The van der Waals surface area contributed by atoms with E-state index in [1.54, 1.807) is 12.2 Å². The van der Waals surface area contributed by atoms with Crippen LogP contribution in [0, 0.1) is 0 Å². The molecule has 0 saturated carbocycles. The van der Waals surface area contributed by atoms with Crippen molar-refractivity contribution in [2.45, 2.75) is 62.6 Å². The van der Waals surface area contributed by atoms with Gasteiger partial charge in [-0.2, -0.15) is 0 Å². The second-order valence-electron chi connectivity index (χ2n) is 6.28. The Hall–Kier alpha value is -1.30. The van der Waals surface area contributed by atoms with Crippen molar-refractivity contribution in [3.8, 4) is 0 Å². The molecule has 5 heteroatoms. The number of carbonyl (C=O) groups is 2. The highest BCUT2D eigenvalue weighted by Crippen LogP contribution is 2.47. The summed E-state index contributed by atoms with van der Waals surface area (Å²) in [7, 11) is 0. The van der Waals surface area contributed by atoms with Gasteiger partial charge in [-0.05, 0) is 37.6 Å². The molecule has 0 unspecified atom stereocenters. The van der Waals surface area contributed by atoms with E-state index in [2.05, 4.69) is 0 Å². The van der Waals surface area contributed by atoms with Crippen LogP contribution in [0.5, 0.6) is 0 Å². The van der Waals surface area contributed by atoms with Crippen molar-refractivity contribution in [1.29, 1.82) is 0 Å². The molecular formula is C16H20O5. The third kappa shape index (κ3) is 3.00. The number of hydrogen-bond acceptors (Lipinski definition) is 5. The lowest BCUT2D eigenvalue weighted by atomic mass is 9.91. The molecule has 0 bridgehead atoms. The number of carbonyl (C=O) groups excluding carboxylic acids is 2. The van der Waals surface area contributed by atoms with E-state index >= 15 is 0 Å². The number of ether oxygens (including phenoxy) is 2. The number of ketones is 2. The van der Waals surface area contributed by atoms with Crippen LogP contribution in [0.15, 0.2) is 24.3 Å². The van der Waals surface area contributed by atoms with Crippen LogP contribution >= 0.6 is 0 Å². The Labute approximate surface area is 123 Å². The molecule has 2 heterocycles. The minimum absolute atomic E-state index is 0.0417. The molecule has 2 fully saturated rings. The molecule has 0 aromatic heterocycles. The van der Waals surface area contributed by atoms with Crippen molar-refractivity contribution in [1.82, 2.24) is 0 Å². The predicted molar refractivity (Wildman–Crippen MR) is 74.5 cm³/mol. The largest absolute Gasteiger partial charge is 0.393 e. The van der Waals surface area contributed by atoms with E-state index in [0.29, 0.717) is 32.1 Å². The van der Waals surface area contributed by atoms with E-state index in [0.717, 1.165) is 0 Å². The quantitative estimate of drug-likeness (QED) is 0.834. The lowest BCUT2D eigenvalue weighted by Gasteiger charge is -2.41. The molecule has 2 spiro atoms. The first-order valence-corrected chi connectivity index (χ1v) is 7.38. The topological polar surface area (TPSA) is 72.8 Å². The summed E-state index contributed by atoms with van der Waals surface area (Å²) in [6.07, 6.45) is 8.18. The van der Waals surface area contributed by atoms with Gasteiger partial charge in [-0.3, -0.25) is 9.59 Å². The van der Waals surface area contributed by atoms with Gasteiger partial charge < -0.3 is 14.6 Å². The van der Waals surface area contributed by atoms with Crippen LogP contribution in [0.25, 0.3) is 0 Å². The standard InChI is InChI=1S/C16H20O5/c1-11(17)8-14-9-13(19)10-16(20-14)7-6-15(21-16)4-2-12(18)3-5-15/h2-5,13-14,19H,6-10H2,1H3/t13-,14-,16+/m1/s1. The van der Waals surface area contributed by atoms with Gasteiger partial charge in [-0.25, -0.2) is 0 Å². The van der Waals surface area contributed by atoms with Crippen molar-refractivity contribution in [2.75, 3.05) is 0 Å². The molecule has 0 aromatic carbocycles. The maximum Gasteiger partial charge on any atom is 0.178 e. The highest BCUT2D eigenvalue weighted by atomic mass is 16.7. The summed E-state index contributed by atoms with van der Waals surface area (Å²) < 4.78 is 12.1. The van der Waals surface area contributed by atoms with E-state index in [4.69, 9.17) is 9.47 Å². The van der Waals surface area contributed by atoms with E-state index in [9.17, 15) is 14.7 Å². The van der Waals surface area contributed by atoms with E-state index in [1.807, 2.05) is 0 Å².